The molecule has 2 aromatic rings. The molecule has 1 N–H and O–H groups in total. The molecule has 7 heteroatoms. The second kappa shape index (κ2) is 6.24. The van der Waals surface area contributed by atoms with Crippen molar-refractivity contribution in [2.24, 2.45) is 0 Å². The largest absolute Gasteiger partial charge is 0.444 e. The van der Waals surface area contributed by atoms with Crippen LogP contribution in [0, 0.1) is 6.92 Å². The average Bonchev–Trinajstić information content (AvgIpc) is 2.81. The number of carbonyl (C=O) groups is 1. The summed E-state index contributed by atoms with van der Waals surface area (Å²) < 4.78 is 5.46. The first-order valence-electron chi connectivity index (χ1n) is 8.24. The number of rotatable bonds is 1. The summed E-state index contributed by atoms with van der Waals surface area (Å²) >= 11 is 6.01. The minimum Gasteiger partial charge on any atom is -0.444 e. The molecular weight excluding hydrogens is 328 g/mol. The Kier molecular flexibility index (Phi) is 4.42. The van der Waals surface area contributed by atoms with Gasteiger partial charge in [0, 0.05) is 24.2 Å². The van der Waals surface area contributed by atoms with Crippen LogP contribution in [0.5, 0.6) is 0 Å². The van der Waals surface area contributed by atoms with Crippen LogP contribution in [-0.4, -0.2) is 44.9 Å². The predicted octanol–water partition coefficient (Wildman–Crippen LogP) is 4.03. The third-order valence-corrected chi connectivity index (χ3v) is 4.50. The Balaban J connectivity index is 1.75. The molecule has 1 amide bonds. The molecule has 24 heavy (non-hydrogen) atoms. The highest BCUT2D eigenvalue weighted by molar-refractivity contribution is 6.29. The van der Waals surface area contributed by atoms with E-state index < -0.39 is 5.60 Å². The van der Waals surface area contributed by atoms with Crippen molar-refractivity contribution >= 4 is 28.7 Å². The number of nitrogens with one attached hydrogen (secondary N) is 1. The van der Waals surface area contributed by atoms with Gasteiger partial charge in [-0.05, 0) is 58.1 Å². The third kappa shape index (κ3) is 3.48. The van der Waals surface area contributed by atoms with E-state index in [4.69, 9.17) is 16.3 Å². The molecule has 0 spiro atoms. The quantitative estimate of drug-likeness (QED) is 0.842. The number of nitrogens with zero attached hydrogens (tertiary/aromatic N) is 3. The van der Waals surface area contributed by atoms with Gasteiger partial charge in [0.2, 0.25) is 0 Å². The molecule has 3 rings (SSSR count). The van der Waals surface area contributed by atoms with E-state index in [0.717, 1.165) is 29.6 Å². The number of ether oxygens (including phenoxy) is 1. The maximum atomic E-state index is 12.2. The van der Waals surface area contributed by atoms with Gasteiger partial charge in [-0.25, -0.2) is 4.79 Å². The summed E-state index contributed by atoms with van der Waals surface area (Å²) in [6.07, 6.45) is 1.56. The van der Waals surface area contributed by atoms with Crippen LogP contribution in [0.2, 0.25) is 5.15 Å². The summed E-state index contributed by atoms with van der Waals surface area (Å²) in [4.78, 5) is 17.3. The Morgan fingerprint density at radius 3 is 2.62 bits per heavy atom. The lowest BCUT2D eigenvalue weighted by molar-refractivity contribution is 0.0205. The number of carbonyl (C=O) groups excluding carboxylic acids is 1. The van der Waals surface area contributed by atoms with E-state index in [1.165, 1.54) is 5.56 Å². The van der Waals surface area contributed by atoms with Gasteiger partial charge in [-0.15, -0.1) is 10.2 Å². The second-order valence-corrected chi connectivity index (χ2v) is 7.72. The average molecular weight is 351 g/mol. The van der Waals surface area contributed by atoms with Gasteiger partial charge in [0.05, 0.1) is 0 Å². The molecule has 130 valence electrons. The van der Waals surface area contributed by atoms with Crippen molar-refractivity contribution < 1.29 is 9.53 Å². The summed E-state index contributed by atoms with van der Waals surface area (Å²) in [5.41, 5.74) is 2.64. The number of hydrogen-bond acceptors (Lipinski definition) is 4. The molecule has 1 saturated heterocycles. The molecule has 0 atom stereocenters. The zero-order valence-electron chi connectivity index (χ0n) is 14.5. The van der Waals surface area contributed by atoms with Crippen LogP contribution in [0.25, 0.3) is 11.0 Å². The van der Waals surface area contributed by atoms with E-state index in [1.54, 1.807) is 4.90 Å². The number of fused-ring (bicyclic) bond motifs is 1. The molecule has 1 aliphatic heterocycles. The lowest BCUT2D eigenvalue weighted by Gasteiger charge is -2.33. The second-order valence-electron chi connectivity index (χ2n) is 7.33. The van der Waals surface area contributed by atoms with Crippen molar-refractivity contribution in [3.05, 3.63) is 22.5 Å². The Labute approximate surface area is 146 Å². The Bertz CT molecular complexity index is 758. The number of aromatic nitrogens is 3. The van der Waals surface area contributed by atoms with Crippen molar-refractivity contribution in [1.82, 2.24) is 20.1 Å². The zero-order valence-corrected chi connectivity index (χ0v) is 15.3. The fourth-order valence-electron chi connectivity index (χ4n) is 3.32. The van der Waals surface area contributed by atoms with E-state index in [-0.39, 0.29) is 6.09 Å². The number of aryl methyl sites for hydroxylation is 1. The predicted molar refractivity (Wildman–Crippen MR) is 93.4 cm³/mol. The maximum absolute atomic E-state index is 12.2. The van der Waals surface area contributed by atoms with Gasteiger partial charge < -0.3 is 14.6 Å². The lowest BCUT2D eigenvalue weighted by Crippen LogP contribution is -2.41. The summed E-state index contributed by atoms with van der Waals surface area (Å²) in [6, 6.07) is 1.86. The summed E-state index contributed by atoms with van der Waals surface area (Å²) in [6.45, 7) is 9.09. The molecule has 1 fully saturated rings. The SMILES string of the molecule is Cc1[nH]c2nnc(Cl)cc2c1C1CCN(C(=O)OC(C)(C)C)CC1. The number of aromatic amines is 1. The number of piperidine rings is 1. The fourth-order valence-corrected chi connectivity index (χ4v) is 3.46. The summed E-state index contributed by atoms with van der Waals surface area (Å²) in [7, 11) is 0. The molecule has 6 nitrogen and oxygen atoms in total. The van der Waals surface area contributed by atoms with Crippen molar-refractivity contribution in [2.75, 3.05) is 13.1 Å². The molecule has 0 radical (unpaired) electrons. The minimum absolute atomic E-state index is 0.231. The van der Waals surface area contributed by atoms with Gasteiger partial charge in [0.1, 0.15) is 5.60 Å². The first-order valence-corrected chi connectivity index (χ1v) is 8.62. The summed E-state index contributed by atoms with van der Waals surface area (Å²) in [5, 5.41) is 9.44. The molecule has 0 bridgehead atoms. The van der Waals surface area contributed by atoms with Crippen molar-refractivity contribution in [3.8, 4) is 0 Å². The van der Waals surface area contributed by atoms with Crippen LogP contribution in [-0.2, 0) is 4.74 Å². The monoisotopic (exact) mass is 350 g/mol. The van der Waals surface area contributed by atoms with Crippen LogP contribution in [0.4, 0.5) is 4.79 Å². The van der Waals surface area contributed by atoms with E-state index in [2.05, 4.69) is 15.2 Å². The summed E-state index contributed by atoms with van der Waals surface area (Å²) in [5.74, 6) is 0.373. The van der Waals surface area contributed by atoms with Crippen LogP contribution in [0.15, 0.2) is 6.07 Å². The highest BCUT2D eigenvalue weighted by Gasteiger charge is 2.29. The molecule has 1 aliphatic rings. The van der Waals surface area contributed by atoms with Crippen LogP contribution in [0.1, 0.15) is 50.8 Å². The lowest BCUT2D eigenvalue weighted by atomic mass is 9.88. The first-order chi connectivity index (χ1) is 11.2. The number of amides is 1. The number of hydrogen-bond donors (Lipinski definition) is 1. The Hall–Kier alpha value is -1.82. The molecule has 0 unspecified atom stereocenters. The maximum Gasteiger partial charge on any atom is 0.410 e. The van der Waals surface area contributed by atoms with E-state index in [1.807, 2.05) is 33.8 Å². The number of likely N-dealkylation sites (tertiary alicyclic amines) is 1. The zero-order chi connectivity index (χ0) is 17.5. The molecular formula is C17H23ClN4O2. The highest BCUT2D eigenvalue weighted by Crippen LogP contribution is 2.35. The molecule has 2 aromatic heterocycles. The van der Waals surface area contributed by atoms with Gasteiger partial charge in [-0.3, -0.25) is 0 Å². The van der Waals surface area contributed by atoms with Crippen LogP contribution in [0.3, 0.4) is 0 Å². The van der Waals surface area contributed by atoms with Gasteiger partial charge in [0.15, 0.2) is 10.8 Å². The first kappa shape index (κ1) is 17.0. The van der Waals surface area contributed by atoms with E-state index in [0.29, 0.717) is 24.2 Å². The molecule has 0 saturated carbocycles. The smallest absolute Gasteiger partial charge is 0.410 e. The number of H-pyrrole nitrogens is 1. The van der Waals surface area contributed by atoms with Gasteiger partial charge in [-0.1, -0.05) is 11.6 Å². The van der Waals surface area contributed by atoms with E-state index >= 15 is 0 Å². The third-order valence-electron chi connectivity index (χ3n) is 4.32. The minimum atomic E-state index is -0.462. The Morgan fingerprint density at radius 1 is 1.33 bits per heavy atom. The van der Waals surface area contributed by atoms with Crippen molar-refractivity contribution in [1.29, 1.82) is 0 Å². The molecule has 0 aromatic carbocycles. The van der Waals surface area contributed by atoms with E-state index in [9.17, 15) is 4.79 Å². The standard InChI is InChI=1S/C17H23ClN4O2/c1-10-14(12-9-13(18)20-21-15(12)19-10)11-5-7-22(8-6-11)16(23)24-17(2,3)4/h9,11H,5-8H2,1-4H3,(H,19,21). The normalized spacial score (nSPS) is 16.6. The van der Waals surface area contributed by atoms with Crippen LogP contribution < -0.4 is 0 Å². The highest BCUT2D eigenvalue weighted by atomic mass is 35.5. The fraction of sp³-hybridized carbons (Fsp3) is 0.588. The molecule has 0 aliphatic carbocycles. The molecule has 3 heterocycles. The topological polar surface area (TPSA) is 71.1 Å². The van der Waals surface area contributed by atoms with Crippen molar-refractivity contribution in [2.45, 2.75) is 52.1 Å². The van der Waals surface area contributed by atoms with Crippen molar-refractivity contribution in [3.63, 3.8) is 0 Å². The van der Waals surface area contributed by atoms with Crippen LogP contribution >= 0.6 is 11.6 Å². The van der Waals surface area contributed by atoms with Gasteiger partial charge >= 0.3 is 6.09 Å². The van der Waals surface area contributed by atoms with Gasteiger partial charge in [0.25, 0.3) is 0 Å². The Morgan fingerprint density at radius 2 is 2.00 bits per heavy atom. The van der Waals surface area contributed by atoms with Gasteiger partial charge in [-0.2, -0.15) is 0 Å². The number of halogens is 1.